The molecule has 2 heteroatoms. The lowest BCUT2D eigenvalue weighted by Gasteiger charge is -2.29. The predicted molar refractivity (Wildman–Crippen MR) is 38.1 cm³/mol. The lowest BCUT2D eigenvalue weighted by atomic mass is 10.1. The quantitative estimate of drug-likeness (QED) is 0.428. The second-order valence-corrected chi connectivity index (χ2v) is 5.18. The zero-order valence-corrected chi connectivity index (χ0v) is 7.74. The van der Waals surface area contributed by atoms with Gasteiger partial charge in [-0.3, -0.25) is 0 Å². The van der Waals surface area contributed by atoms with E-state index < -0.39 is 0 Å². The smallest absolute Gasteiger partial charge is 0.0468 e. The molecule has 8 heavy (non-hydrogen) atoms. The van der Waals surface area contributed by atoms with Crippen molar-refractivity contribution in [3.8, 4) is 0 Å². The van der Waals surface area contributed by atoms with Gasteiger partial charge in [0.25, 0.3) is 0 Å². The highest BCUT2D eigenvalue weighted by Crippen LogP contribution is 2.19. The summed E-state index contributed by atoms with van der Waals surface area (Å²) in [5.41, 5.74) is 0. The highest BCUT2D eigenvalue weighted by atomic mass is 28.1. The molecule has 0 aromatic rings. The normalized spacial score (nSPS) is 40.1. The van der Waals surface area contributed by atoms with Gasteiger partial charge in [-0.2, -0.15) is 0 Å². The largest absolute Gasteiger partial charge is 0.380 e. The molecule has 1 nitrogen and oxygen atoms in total. The molecule has 0 N–H and O–H groups in total. The Morgan fingerprint density at radius 1 is 1.50 bits per heavy atom. The van der Waals surface area contributed by atoms with Gasteiger partial charge in [-0.1, -0.05) is 0 Å². The number of hydrogen-bond donors (Lipinski definition) is 0. The van der Waals surface area contributed by atoms with E-state index in [9.17, 15) is 0 Å². The molecule has 0 amide bonds. The van der Waals surface area contributed by atoms with Crippen LogP contribution in [0, 0.1) is 0 Å². The molecular weight excluding hydrogens is 116 g/mol. The highest BCUT2D eigenvalue weighted by molar-refractivity contribution is 6.14. The molecule has 0 spiro atoms. The molecule has 1 rings (SSSR count). The summed E-state index contributed by atoms with van der Waals surface area (Å²) in [6.45, 7) is 3.22. The van der Waals surface area contributed by atoms with E-state index >= 15 is 0 Å². The average Bonchev–Trinajstić information content (AvgIpc) is 1.65. The van der Waals surface area contributed by atoms with Crippen LogP contribution in [0.5, 0.6) is 0 Å². The van der Waals surface area contributed by atoms with Gasteiger partial charge < -0.3 is 4.74 Å². The van der Waals surface area contributed by atoms with Crippen LogP contribution in [0.2, 0.25) is 0 Å². The van der Waals surface area contributed by atoms with Crippen molar-refractivity contribution in [2.24, 2.45) is 0 Å². The second-order valence-electron chi connectivity index (χ2n) is 3.07. The van der Waals surface area contributed by atoms with Gasteiger partial charge in [0.15, 0.2) is 0 Å². The molecule has 48 valence electrons. The fraction of sp³-hybridized carbons (Fsp3) is 1.00. The summed E-state index contributed by atoms with van der Waals surface area (Å²) in [5.74, 6) is 0. The van der Waals surface area contributed by atoms with Crippen molar-refractivity contribution in [2.75, 3.05) is 6.61 Å². The van der Waals surface area contributed by atoms with Gasteiger partial charge in [0.1, 0.15) is 0 Å². The third-order valence-corrected chi connectivity index (χ3v) is 2.45. The van der Waals surface area contributed by atoms with Crippen LogP contribution in [-0.4, -0.2) is 22.1 Å². The maximum absolute atomic E-state index is 5.53. The third-order valence-electron chi connectivity index (χ3n) is 1.67. The molecule has 0 saturated carbocycles. The van der Waals surface area contributed by atoms with Crippen LogP contribution >= 0.6 is 0 Å². The Kier molecular flexibility index (Phi) is 1.73. The Labute approximate surface area is 53.8 Å². The van der Waals surface area contributed by atoms with E-state index in [1.54, 1.807) is 0 Å². The number of ether oxygens (including phenoxy) is 1. The molecule has 1 aliphatic rings. The maximum Gasteiger partial charge on any atom is 0.0468 e. The summed E-state index contributed by atoms with van der Waals surface area (Å²) in [6.07, 6.45) is 3.94. The molecule has 0 aliphatic carbocycles. The minimum Gasteiger partial charge on any atom is -0.380 e. The monoisotopic (exact) mass is 130 g/mol. The lowest BCUT2D eigenvalue weighted by Crippen LogP contribution is -2.32. The van der Waals surface area contributed by atoms with E-state index in [4.69, 9.17) is 4.74 Å². The van der Waals surface area contributed by atoms with Gasteiger partial charge >= 0.3 is 0 Å². The van der Waals surface area contributed by atoms with Gasteiger partial charge in [-0.25, -0.2) is 0 Å². The van der Waals surface area contributed by atoms with Crippen molar-refractivity contribution < 1.29 is 4.74 Å². The summed E-state index contributed by atoms with van der Waals surface area (Å²) >= 11 is 0. The first-order valence-electron chi connectivity index (χ1n) is 3.35. The molecule has 1 heterocycles. The van der Waals surface area contributed by atoms with Crippen molar-refractivity contribution >= 4 is 10.2 Å². The van der Waals surface area contributed by atoms with Crippen LogP contribution in [-0.2, 0) is 4.74 Å². The van der Waals surface area contributed by atoms with Crippen molar-refractivity contribution in [1.29, 1.82) is 0 Å². The van der Waals surface area contributed by atoms with Crippen molar-refractivity contribution in [3.63, 3.8) is 0 Å². The molecule has 0 bridgehead atoms. The van der Waals surface area contributed by atoms with Crippen molar-refractivity contribution in [3.05, 3.63) is 0 Å². The molecule has 1 aliphatic heterocycles. The van der Waals surface area contributed by atoms with Gasteiger partial charge in [-0.15, -0.1) is 0 Å². The lowest BCUT2D eigenvalue weighted by molar-refractivity contribution is -0.00436. The summed E-state index contributed by atoms with van der Waals surface area (Å²) in [7, 11) is 1.19. The van der Waals surface area contributed by atoms with Gasteiger partial charge in [0, 0.05) is 22.1 Å². The van der Waals surface area contributed by atoms with Crippen LogP contribution in [0.1, 0.15) is 26.2 Å². The average molecular weight is 130 g/mol. The zero-order chi connectivity index (χ0) is 6.04. The first kappa shape index (κ1) is 6.30. The van der Waals surface area contributed by atoms with Gasteiger partial charge in [-0.05, 0) is 26.2 Å². The van der Waals surface area contributed by atoms with E-state index in [1.807, 2.05) is 0 Å². The Morgan fingerprint density at radius 2 is 2.25 bits per heavy atom. The first-order chi connectivity index (χ1) is 3.71. The van der Waals surface area contributed by atoms with Crippen molar-refractivity contribution in [2.45, 2.75) is 31.4 Å². The summed E-state index contributed by atoms with van der Waals surface area (Å²) < 4.78 is 5.53. The van der Waals surface area contributed by atoms with Crippen LogP contribution in [0.15, 0.2) is 0 Å². The Morgan fingerprint density at radius 3 is 2.50 bits per heavy atom. The van der Waals surface area contributed by atoms with Crippen LogP contribution in [0.4, 0.5) is 0 Å². The fourth-order valence-corrected chi connectivity index (χ4v) is 1.63. The number of rotatable bonds is 0. The molecule has 0 unspecified atom stereocenters. The van der Waals surface area contributed by atoms with E-state index in [2.05, 4.69) is 6.92 Å². The fourth-order valence-electron chi connectivity index (χ4n) is 1.07. The number of hydrogen-bond acceptors (Lipinski definition) is 1. The molecular formula is C6H14OSi. The first-order valence-corrected chi connectivity index (χ1v) is 4.35. The van der Waals surface area contributed by atoms with E-state index in [0.29, 0.717) is 5.22 Å². The molecule has 1 atom stereocenters. The van der Waals surface area contributed by atoms with E-state index in [1.165, 1.54) is 29.5 Å². The standard InChI is InChI=1S/C6H14OSi/c1-6(8)4-2-3-5-7-6/h2-5H2,1,8H3/t6-/m1/s1. The second kappa shape index (κ2) is 2.19. The summed E-state index contributed by atoms with van der Waals surface area (Å²) in [6, 6.07) is 0. The Hall–Kier alpha value is 0.177. The Balaban J connectivity index is 2.33. The van der Waals surface area contributed by atoms with Gasteiger partial charge in [0.05, 0.1) is 0 Å². The minimum atomic E-state index is 0.318. The van der Waals surface area contributed by atoms with Gasteiger partial charge in [0.2, 0.25) is 0 Å². The zero-order valence-electron chi connectivity index (χ0n) is 5.74. The molecule has 0 aromatic heterocycles. The van der Waals surface area contributed by atoms with Crippen LogP contribution < -0.4 is 0 Å². The van der Waals surface area contributed by atoms with E-state index in [-0.39, 0.29) is 0 Å². The van der Waals surface area contributed by atoms with Crippen LogP contribution in [0.25, 0.3) is 0 Å². The SMILES string of the molecule is C[C@@]1([SiH3])CCCCO1. The molecule has 0 radical (unpaired) electrons. The third kappa shape index (κ3) is 1.60. The topological polar surface area (TPSA) is 9.23 Å². The molecule has 0 aromatic carbocycles. The van der Waals surface area contributed by atoms with Crippen LogP contribution in [0.3, 0.4) is 0 Å². The summed E-state index contributed by atoms with van der Waals surface area (Å²) in [4.78, 5) is 0. The minimum absolute atomic E-state index is 0.318. The van der Waals surface area contributed by atoms with Crippen molar-refractivity contribution in [1.82, 2.24) is 0 Å². The molecule has 1 fully saturated rings. The maximum atomic E-state index is 5.53. The summed E-state index contributed by atoms with van der Waals surface area (Å²) in [5, 5.41) is 0.318. The van der Waals surface area contributed by atoms with E-state index in [0.717, 1.165) is 6.61 Å². The highest BCUT2D eigenvalue weighted by Gasteiger charge is 2.20. The Bertz CT molecular complexity index is 72.6. The molecule has 1 saturated heterocycles. The predicted octanol–water partition coefficient (Wildman–Crippen LogP) is 0.268.